The van der Waals surface area contributed by atoms with Gasteiger partial charge in [0, 0.05) is 5.56 Å². The summed E-state index contributed by atoms with van der Waals surface area (Å²) in [5.41, 5.74) is 1.06. The average molecular weight is 416 g/mol. The van der Waals surface area contributed by atoms with Crippen molar-refractivity contribution in [1.82, 2.24) is 0 Å². The van der Waals surface area contributed by atoms with Crippen molar-refractivity contribution in [1.29, 1.82) is 0 Å². The van der Waals surface area contributed by atoms with E-state index in [9.17, 15) is 8.63 Å². The summed E-state index contributed by atoms with van der Waals surface area (Å²) in [4.78, 5) is 0. The van der Waals surface area contributed by atoms with Gasteiger partial charge in [0.2, 0.25) is 0 Å². The first kappa shape index (κ1) is 21.9. The summed E-state index contributed by atoms with van der Waals surface area (Å²) in [5.74, 6) is 1.51. The van der Waals surface area contributed by atoms with Gasteiger partial charge < -0.3 is 27.1 Å². The lowest BCUT2D eigenvalue weighted by Gasteiger charge is -2.20. The van der Waals surface area contributed by atoms with Crippen LogP contribution < -0.4 is 9.47 Å². The summed E-state index contributed by atoms with van der Waals surface area (Å²) in [6.07, 6.45) is 5.49. The molecule has 0 aliphatic carbocycles. The van der Waals surface area contributed by atoms with E-state index in [-0.39, 0.29) is 11.5 Å². The van der Waals surface area contributed by atoms with Crippen LogP contribution in [0.5, 0.6) is 11.5 Å². The Morgan fingerprint density at radius 2 is 1.30 bits per heavy atom. The van der Waals surface area contributed by atoms with Crippen LogP contribution in [0.1, 0.15) is 55.0 Å². The fourth-order valence-electron chi connectivity index (χ4n) is 2.91. The summed E-state index contributed by atoms with van der Waals surface area (Å²) < 4.78 is 49.2. The smallest absolute Gasteiger partial charge is 0.569 e. The third-order valence-corrected chi connectivity index (χ3v) is 4.60. The molecular formula is C23H27BF2O4. The second-order valence-corrected chi connectivity index (χ2v) is 7.10. The standard InChI is InChI=1S/C23H27BF2O4/c1-3-5-15-27-20-11-7-18(8-12-20)22-17-23(30-24(25,26)29-22)19-9-13-21(14-10-19)28-16-6-4-2/h7-14,17H,3-6,15-16H2,1-2H3. The van der Waals surface area contributed by atoms with Gasteiger partial charge in [-0.2, -0.15) is 0 Å². The van der Waals surface area contributed by atoms with Gasteiger partial charge in [-0.25, -0.2) is 0 Å². The Morgan fingerprint density at radius 1 is 0.800 bits per heavy atom. The lowest BCUT2D eigenvalue weighted by Crippen LogP contribution is -2.31. The molecule has 160 valence electrons. The van der Waals surface area contributed by atoms with Gasteiger partial charge in [0.15, 0.2) is 0 Å². The molecule has 4 nitrogen and oxygen atoms in total. The monoisotopic (exact) mass is 416 g/mol. The van der Waals surface area contributed by atoms with E-state index in [0.717, 1.165) is 25.7 Å². The van der Waals surface area contributed by atoms with E-state index in [1.807, 2.05) is 0 Å². The highest BCUT2D eigenvalue weighted by Crippen LogP contribution is 2.30. The minimum atomic E-state index is -4.46. The number of rotatable bonds is 10. The lowest BCUT2D eigenvalue weighted by atomic mass is 10.0. The summed E-state index contributed by atoms with van der Waals surface area (Å²) in [5, 5.41) is 0. The maximum absolute atomic E-state index is 14.2. The topological polar surface area (TPSA) is 39.0 Å². The van der Waals surface area contributed by atoms with Gasteiger partial charge >= 0.3 is 7.11 Å². The summed E-state index contributed by atoms with van der Waals surface area (Å²) in [6.45, 7) is 5.43. The summed E-state index contributed by atoms with van der Waals surface area (Å²) >= 11 is 0. The SMILES string of the molecule is CCCCOc1ccc(C2=CC(c3ccc(OCCCC)cc3)=[O+][B-](F)(F)O2)cc1. The van der Waals surface area contributed by atoms with Crippen LogP contribution in [0.3, 0.4) is 0 Å². The molecule has 3 rings (SSSR count). The first-order chi connectivity index (χ1) is 14.5. The third kappa shape index (κ3) is 6.08. The fourth-order valence-corrected chi connectivity index (χ4v) is 2.91. The predicted octanol–water partition coefficient (Wildman–Crippen LogP) is 6.21. The van der Waals surface area contributed by atoms with Crippen LogP contribution in [0, 0.1) is 0 Å². The molecule has 0 amide bonds. The number of carbonyl (C=O) groups excluding carboxylic acids is 1. The maximum Gasteiger partial charge on any atom is 0.995 e. The number of ketones is 1. The summed E-state index contributed by atoms with van der Waals surface area (Å²) in [6, 6.07) is 13.8. The van der Waals surface area contributed by atoms with Crippen LogP contribution in [0.15, 0.2) is 54.6 Å². The quantitative estimate of drug-likeness (QED) is 0.263. The van der Waals surface area contributed by atoms with Crippen LogP contribution >= 0.6 is 0 Å². The predicted molar refractivity (Wildman–Crippen MR) is 115 cm³/mol. The molecule has 0 aromatic heterocycles. The normalized spacial score (nSPS) is 15.1. The molecule has 2 aromatic rings. The number of ether oxygens (including phenoxy) is 2. The molecule has 0 saturated heterocycles. The Kier molecular flexibility index (Phi) is 7.49. The molecular weight excluding hydrogens is 389 g/mol. The van der Waals surface area contributed by atoms with Crippen molar-refractivity contribution >= 4 is 18.6 Å². The number of hydrogen-bond donors (Lipinski definition) is 0. The third-order valence-electron chi connectivity index (χ3n) is 4.60. The van der Waals surface area contributed by atoms with E-state index in [4.69, 9.17) is 18.5 Å². The maximum atomic E-state index is 14.2. The minimum absolute atomic E-state index is 0.0598. The second-order valence-electron chi connectivity index (χ2n) is 7.10. The highest BCUT2D eigenvalue weighted by Gasteiger charge is 2.53. The van der Waals surface area contributed by atoms with Crippen molar-refractivity contribution < 1.29 is 27.1 Å². The van der Waals surface area contributed by atoms with E-state index < -0.39 is 7.11 Å². The molecule has 0 atom stereocenters. The van der Waals surface area contributed by atoms with Crippen LogP contribution in [0.25, 0.3) is 5.76 Å². The van der Waals surface area contributed by atoms with Gasteiger partial charge in [0.25, 0.3) is 5.78 Å². The van der Waals surface area contributed by atoms with E-state index >= 15 is 0 Å². The highest BCUT2D eigenvalue weighted by molar-refractivity contribution is 6.52. The number of halogens is 2. The van der Waals surface area contributed by atoms with Crippen molar-refractivity contribution in [2.24, 2.45) is 0 Å². The molecule has 2 aromatic carbocycles. The molecule has 0 fully saturated rings. The van der Waals surface area contributed by atoms with Crippen molar-refractivity contribution in [3.05, 3.63) is 65.7 Å². The zero-order valence-electron chi connectivity index (χ0n) is 17.4. The zero-order valence-corrected chi connectivity index (χ0v) is 17.4. The molecule has 0 spiro atoms. The van der Waals surface area contributed by atoms with Gasteiger partial charge in [0.1, 0.15) is 11.5 Å². The average Bonchev–Trinajstić information content (AvgIpc) is 2.74. The van der Waals surface area contributed by atoms with Gasteiger partial charge in [-0.15, -0.1) is 0 Å². The van der Waals surface area contributed by atoms with Gasteiger partial charge in [0.05, 0.1) is 30.6 Å². The molecule has 30 heavy (non-hydrogen) atoms. The molecule has 1 aliphatic heterocycles. The van der Waals surface area contributed by atoms with Crippen molar-refractivity contribution in [3.63, 3.8) is 0 Å². The Hall–Kier alpha value is -2.83. The van der Waals surface area contributed by atoms with Crippen molar-refractivity contribution in [2.75, 3.05) is 13.2 Å². The summed E-state index contributed by atoms with van der Waals surface area (Å²) in [7, 11) is -4.46. The van der Waals surface area contributed by atoms with E-state index in [1.165, 1.54) is 6.08 Å². The number of hydrogen-bond acceptors (Lipinski definition) is 3. The van der Waals surface area contributed by atoms with Crippen molar-refractivity contribution in [3.8, 4) is 11.5 Å². The number of unbranched alkanes of at least 4 members (excludes halogenated alkanes) is 2. The zero-order chi connectivity index (χ0) is 21.4. The highest BCUT2D eigenvalue weighted by atomic mass is 19.3. The minimum Gasteiger partial charge on any atom is -0.569 e. The van der Waals surface area contributed by atoms with Crippen LogP contribution in [0.4, 0.5) is 8.63 Å². The molecule has 1 heterocycles. The molecule has 7 heteroatoms. The van der Waals surface area contributed by atoms with Gasteiger partial charge in [-0.1, -0.05) is 26.7 Å². The molecule has 0 radical (unpaired) electrons. The molecule has 0 N–H and O–H groups in total. The number of allylic oxidation sites excluding steroid dienone is 1. The van der Waals surface area contributed by atoms with E-state index in [0.29, 0.717) is 35.8 Å². The first-order valence-corrected chi connectivity index (χ1v) is 10.4. The van der Waals surface area contributed by atoms with Crippen LogP contribution in [-0.4, -0.2) is 26.1 Å². The Morgan fingerprint density at radius 3 is 1.80 bits per heavy atom. The lowest BCUT2D eigenvalue weighted by molar-refractivity contribution is -0.183. The Balaban J connectivity index is 1.76. The van der Waals surface area contributed by atoms with Gasteiger partial charge in [-0.3, -0.25) is 0 Å². The molecule has 0 bridgehead atoms. The largest absolute Gasteiger partial charge is 0.995 e. The van der Waals surface area contributed by atoms with Crippen LogP contribution in [0.2, 0.25) is 0 Å². The van der Waals surface area contributed by atoms with Gasteiger partial charge in [-0.05, 0) is 61.4 Å². The second kappa shape index (κ2) is 10.3. The Labute approximate surface area is 176 Å². The van der Waals surface area contributed by atoms with Crippen molar-refractivity contribution in [2.45, 2.75) is 39.5 Å². The van der Waals surface area contributed by atoms with Crippen LogP contribution in [-0.2, 0) is 4.65 Å². The Bertz CT molecular complexity index is 877. The molecule has 0 saturated carbocycles. The molecule has 1 aliphatic rings. The first-order valence-electron chi connectivity index (χ1n) is 10.4. The molecule has 0 unspecified atom stereocenters. The fraction of sp³-hybridized carbons (Fsp3) is 0.348. The van der Waals surface area contributed by atoms with E-state index in [2.05, 4.69) is 13.8 Å². The van der Waals surface area contributed by atoms with E-state index in [1.54, 1.807) is 48.5 Å². The number of benzene rings is 2.